The van der Waals surface area contributed by atoms with Crippen LogP contribution in [0.5, 0.6) is 5.75 Å². The van der Waals surface area contributed by atoms with Gasteiger partial charge >= 0.3 is 6.61 Å². The summed E-state index contributed by atoms with van der Waals surface area (Å²) < 4.78 is 57.0. The number of benzene rings is 2. The van der Waals surface area contributed by atoms with E-state index in [4.69, 9.17) is 0 Å². The fourth-order valence-electron chi connectivity index (χ4n) is 4.21. The maximum Gasteiger partial charge on any atom is 0.387 e. The molecule has 180 valence electrons. The third kappa shape index (κ3) is 4.82. The van der Waals surface area contributed by atoms with Crippen LogP contribution >= 0.6 is 0 Å². The lowest BCUT2D eigenvalue weighted by molar-refractivity contribution is -0.137. The monoisotopic (exact) mass is 479 g/mol. The first-order chi connectivity index (χ1) is 16.2. The van der Waals surface area contributed by atoms with Gasteiger partial charge in [-0.1, -0.05) is 12.1 Å². The van der Waals surface area contributed by atoms with Crippen molar-refractivity contribution in [1.82, 2.24) is 9.80 Å². The molecule has 0 saturated carbocycles. The first-order valence-electron chi connectivity index (χ1n) is 10.6. The predicted molar refractivity (Wildman–Crippen MR) is 112 cm³/mol. The second-order valence-corrected chi connectivity index (χ2v) is 7.99. The molecule has 2 aliphatic rings. The quantitative estimate of drug-likeness (QED) is 0.619. The highest BCUT2D eigenvalue weighted by molar-refractivity contribution is 6.00. The average Bonchev–Trinajstić information content (AvgIpc) is 3.19. The molecule has 0 aliphatic carbocycles. The summed E-state index contributed by atoms with van der Waals surface area (Å²) in [6.45, 7) is -2.37. The Kier molecular flexibility index (Phi) is 6.71. The van der Waals surface area contributed by atoms with Crippen LogP contribution in [0, 0.1) is 17.6 Å². The molecule has 7 nitrogen and oxygen atoms in total. The van der Waals surface area contributed by atoms with Crippen molar-refractivity contribution in [3.05, 3.63) is 59.7 Å². The summed E-state index contributed by atoms with van der Waals surface area (Å²) in [5.41, 5.74) is -0.0808. The molecular formula is C23H21F4N3O4. The second kappa shape index (κ2) is 9.70. The summed E-state index contributed by atoms with van der Waals surface area (Å²) in [5.74, 6) is -3.79. The number of hydrogen-bond donors (Lipinski definition) is 0. The largest absolute Gasteiger partial charge is 0.434 e. The average molecular weight is 479 g/mol. The molecular weight excluding hydrogens is 458 g/mol. The van der Waals surface area contributed by atoms with E-state index in [1.165, 1.54) is 34.1 Å². The Bertz CT molecular complexity index is 1110. The van der Waals surface area contributed by atoms with E-state index in [0.717, 1.165) is 17.0 Å². The zero-order valence-corrected chi connectivity index (χ0v) is 17.9. The van der Waals surface area contributed by atoms with E-state index in [1.807, 2.05) is 0 Å². The van der Waals surface area contributed by atoms with Gasteiger partial charge in [0.1, 0.15) is 17.4 Å². The summed E-state index contributed by atoms with van der Waals surface area (Å²) in [6, 6.07) is 8.58. The number of rotatable bonds is 5. The Morgan fingerprint density at radius 1 is 0.971 bits per heavy atom. The fraction of sp³-hybridized carbons (Fsp3) is 0.348. The lowest BCUT2D eigenvalue weighted by Crippen LogP contribution is -2.52. The number of amides is 3. The Labute approximate surface area is 192 Å². The van der Waals surface area contributed by atoms with Crippen molar-refractivity contribution in [2.75, 3.05) is 37.6 Å². The van der Waals surface area contributed by atoms with Crippen molar-refractivity contribution < 1.29 is 36.7 Å². The van der Waals surface area contributed by atoms with E-state index < -0.39 is 36.0 Å². The molecule has 2 aliphatic heterocycles. The fourth-order valence-corrected chi connectivity index (χ4v) is 4.21. The van der Waals surface area contributed by atoms with E-state index in [2.05, 4.69) is 4.74 Å². The minimum atomic E-state index is -3.07. The number of carbonyl (C=O) groups is 3. The lowest BCUT2D eigenvalue weighted by Gasteiger charge is -2.36. The van der Waals surface area contributed by atoms with Crippen LogP contribution in [0.15, 0.2) is 42.5 Å². The molecule has 1 unspecified atom stereocenters. The van der Waals surface area contributed by atoms with Gasteiger partial charge in [0.05, 0.1) is 17.2 Å². The van der Waals surface area contributed by atoms with Gasteiger partial charge in [-0.05, 0) is 24.3 Å². The maximum absolute atomic E-state index is 14.1. The maximum atomic E-state index is 14.1. The standard InChI is InChI=1S/C23H21F4N3O4/c24-15-5-6-18(17(25)12-15)30-13-14(11-20(30)31)21(32)28-7-9-29(10-8-28)22(33)16-3-1-2-4-19(16)34-23(26)27/h1-6,12,14,23H,7-11,13H2. The number of halogens is 4. The molecule has 2 fully saturated rings. The van der Waals surface area contributed by atoms with Gasteiger partial charge in [-0.3, -0.25) is 14.4 Å². The number of carbonyl (C=O) groups excluding carboxylic acids is 3. The molecule has 0 spiro atoms. The van der Waals surface area contributed by atoms with Crippen molar-refractivity contribution in [2.45, 2.75) is 13.0 Å². The van der Waals surface area contributed by atoms with Gasteiger partial charge in [0.25, 0.3) is 5.91 Å². The van der Waals surface area contributed by atoms with Crippen molar-refractivity contribution in [1.29, 1.82) is 0 Å². The van der Waals surface area contributed by atoms with Gasteiger partial charge in [0.15, 0.2) is 0 Å². The Hall–Kier alpha value is -3.63. The first kappa shape index (κ1) is 23.5. The summed E-state index contributed by atoms with van der Waals surface area (Å²) >= 11 is 0. The van der Waals surface area contributed by atoms with Gasteiger partial charge < -0.3 is 19.4 Å². The molecule has 0 bridgehead atoms. The van der Waals surface area contributed by atoms with Crippen molar-refractivity contribution >= 4 is 23.4 Å². The number of piperazine rings is 1. The van der Waals surface area contributed by atoms with Gasteiger partial charge in [0.2, 0.25) is 11.8 Å². The minimum Gasteiger partial charge on any atom is -0.434 e. The van der Waals surface area contributed by atoms with Crippen LogP contribution in [0.1, 0.15) is 16.8 Å². The Balaban J connectivity index is 1.37. The molecule has 2 aromatic carbocycles. The van der Waals surface area contributed by atoms with Crippen LogP contribution in [0.25, 0.3) is 0 Å². The van der Waals surface area contributed by atoms with Crippen LogP contribution in [0.2, 0.25) is 0 Å². The number of nitrogens with zero attached hydrogens (tertiary/aromatic N) is 3. The SMILES string of the molecule is O=C(c1ccccc1OC(F)F)N1CCN(C(=O)C2CC(=O)N(c3ccc(F)cc3F)C2)CC1. The number of alkyl halides is 2. The Morgan fingerprint density at radius 2 is 1.65 bits per heavy atom. The van der Waals surface area contributed by atoms with Crippen molar-refractivity contribution in [3.8, 4) is 5.75 Å². The molecule has 34 heavy (non-hydrogen) atoms. The predicted octanol–water partition coefficient (Wildman–Crippen LogP) is 2.90. The van der Waals surface area contributed by atoms with Gasteiger partial charge in [-0.25, -0.2) is 8.78 Å². The Morgan fingerprint density at radius 3 is 2.32 bits per heavy atom. The third-order valence-electron chi connectivity index (χ3n) is 5.89. The minimum absolute atomic E-state index is 0.000863. The highest BCUT2D eigenvalue weighted by atomic mass is 19.3. The summed E-state index contributed by atoms with van der Waals surface area (Å²) in [5, 5.41) is 0. The molecule has 2 saturated heterocycles. The normalized spacial score (nSPS) is 18.6. The zero-order valence-electron chi connectivity index (χ0n) is 17.9. The molecule has 1 atom stereocenters. The summed E-state index contributed by atoms with van der Waals surface area (Å²) in [6.07, 6.45) is -0.104. The first-order valence-corrected chi connectivity index (χ1v) is 10.6. The molecule has 2 aromatic rings. The van der Waals surface area contributed by atoms with Crippen LogP contribution < -0.4 is 9.64 Å². The highest BCUT2D eigenvalue weighted by Crippen LogP contribution is 2.29. The number of hydrogen-bond acceptors (Lipinski definition) is 4. The number of anilines is 1. The van der Waals surface area contributed by atoms with Crippen molar-refractivity contribution in [2.24, 2.45) is 5.92 Å². The third-order valence-corrected chi connectivity index (χ3v) is 5.89. The molecule has 0 N–H and O–H groups in total. The van der Waals surface area contributed by atoms with Gasteiger partial charge in [-0.15, -0.1) is 0 Å². The molecule has 3 amide bonds. The smallest absolute Gasteiger partial charge is 0.387 e. The molecule has 2 heterocycles. The number of para-hydroxylation sites is 1. The van der Waals surface area contributed by atoms with Crippen LogP contribution in [-0.4, -0.2) is 66.9 Å². The van der Waals surface area contributed by atoms with Crippen LogP contribution in [0.4, 0.5) is 23.2 Å². The van der Waals surface area contributed by atoms with E-state index in [-0.39, 0.29) is 62.1 Å². The van der Waals surface area contributed by atoms with Gasteiger partial charge in [0, 0.05) is 45.2 Å². The lowest BCUT2D eigenvalue weighted by atomic mass is 10.1. The summed E-state index contributed by atoms with van der Waals surface area (Å²) in [4.78, 5) is 42.3. The second-order valence-electron chi connectivity index (χ2n) is 7.99. The van der Waals surface area contributed by atoms with Crippen molar-refractivity contribution in [3.63, 3.8) is 0 Å². The van der Waals surface area contributed by atoms with E-state index in [0.29, 0.717) is 6.07 Å². The van der Waals surface area contributed by atoms with E-state index >= 15 is 0 Å². The van der Waals surface area contributed by atoms with Crippen LogP contribution in [-0.2, 0) is 9.59 Å². The molecule has 11 heteroatoms. The summed E-state index contributed by atoms with van der Waals surface area (Å²) in [7, 11) is 0. The van der Waals surface area contributed by atoms with Gasteiger partial charge in [-0.2, -0.15) is 8.78 Å². The zero-order chi connectivity index (χ0) is 24.4. The molecule has 0 radical (unpaired) electrons. The number of ether oxygens (including phenoxy) is 1. The molecule has 0 aromatic heterocycles. The highest BCUT2D eigenvalue weighted by Gasteiger charge is 2.39. The topological polar surface area (TPSA) is 70.2 Å². The van der Waals surface area contributed by atoms with E-state index in [1.54, 1.807) is 0 Å². The molecule has 4 rings (SSSR count). The van der Waals surface area contributed by atoms with Crippen LogP contribution in [0.3, 0.4) is 0 Å². The van der Waals surface area contributed by atoms with E-state index in [9.17, 15) is 31.9 Å².